The molecular weight excluding hydrogens is 550 g/mol. The zero-order valence-corrected chi connectivity index (χ0v) is 20.8. The third-order valence-electron chi connectivity index (χ3n) is 5.18. The van der Waals surface area contributed by atoms with Gasteiger partial charge in [0.1, 0.15) is 21.7 Å². The molecule has 0 unspecified atom stereocenters. The predicted octanol–water partition coefficient (Wildman–Crippen LogP) is 8.10. The second-order valence-electron chi connectivity index (χ2n) is 7.87. The molecule has 0 spiro atoms. The Hall–Kier alpha value is -2.52. The van der Waals surface area contributed by atoms with Gasteiger partial charge in [0.15, 0.2) is 11.6 Å². The fourth-order valence-electron chi connectivity index (χ4n) is 3.48. The molecule has 4 nitrogen and oxygen atoms in total. The first-order chi connectivity index (χ1) is 16.4. The van der Waals surface area contributed by atoms with Gasteiger partial charge in [0, 0.05) is 11.1 Å². The molecule has 0 N–H and O–H groups in total. The number of aromatic nitrogens is 4. The maximum Gasteiger partial charge on any atom is 0.214 e. The normalized spacial score (nSPS) is 11.7. The van der Waals surface area contributed by atoms with E-state index in [4.69, 9.17) is 46.4 Å². The number of nitrogens with zero attached hydrogens (tertiary/aromatic N) is 4. The van der Waals surface area contributed by atoms with Crippen LogP contribution in [-0.4, -0.2) is 19.9 Å². The van der Waals surface area contributed by atoms with Crippen LogP contribution in [0.5, 0.6) is 0 Å². The Kier molecular flexibility index (Phi) is 6.94. The first-order valence-corrected chi connectivity index (χ1v) is 11.3. The minimum atomic E-state index is -1.22. The summed E-state index contributed by atoms with van der Waals surface area (Å²) in [6, 6.07) is 6.50. The Bertz CT molecular complexity index is 1370. The monoisotopic (exact) mass is 560 g/mol. The Morgan fingerprint density at radius 2 is 0.971 bits per heavy atom. The van der Waals surface area contributed by atoms with Gasteiger partial charge in [0.2, 0.25) is 11.9 Å². The molecule has 0 radical (unpaired) electrons. The molecule has 4 aromatic rings. The summed E-state index contributed by atoms with van der Waals surface area (Å²) < 4.78 is 56.4. The van der Waals surface area contributed by atoms with E-state index in [1.807, 2.05) is 0 Å². The van der Waals surface area contributed by atoms with Crippen LogP contribution in [0.4, 0.5) is 17.6 Å². The molecule has 4 aromatic heterocycles. The van der Waals surface area contributed by atoms with Crippen molar-refractivity contribution in [1.82, 2.24) is 19.9 Å². The molecule has 0 saturated heterocycles. The van der Waals surface area contributed by atoms with Crippen LogP contribution in [0.3, 0.4) is 0 Å². The Morgan fingerprint density at radius 3 is 1.31 bits per heavy atom. The van der Waals surface area contributed by atoms with Gasteiger partial charge in [-0.2, -0.15) is 8.78 Å². The first-order valence-electron chi connectivity index (χ1n) is 9.78. The van der Waals surface area contributed by atoms with Crippen LogP contribution in [0.15, 0.2) is 36.4 Å². The van der Waals surface area contributed by atoms with Gasteiger partial charge in [-0.15, -0.1) is 0 Å². The predicted molar refractivity (Wildman–Crippen MR) is 127 cm³/mol. The average molecular weight is 562 g/mol. The van der Waals surface area contributed by atoms with Crippen LogP contribution in [0.2, 0.25) is 20.4 Å². The standard InChI is InChI=1S/C23H12Cl4F4N4/c1-23(2,19-11(24)7-13(28)17(34-19)9-3-5-15(30)32-21(9)26)20-12(25)8-14(29)18(35-20)10-4-6-16(31)33-22(10)27/h3-8H,1-2H3. The molecule has 180 valence electrons. The topological polar surface area (TPSA) is 51.6 Å². The zero-order valence-electron chi connectivity index (χ0n) is 17.8. The van der Waals surface area contributed by atoms with Gasteiger partial charge in [-0.25, -0.2) is 28.7 Å². The molecule has 0 atom stereocenters. The highest BCUT2D eigenvalue weighted by Gasteiger charge is 2.34. The van der Waals surface area contributed by atoms with E-state index in [9.17, 15) is 17.6 Å². The summed E-state index contributed by atoms with van der Waals surface area (Å²) in [5.74, 6) is -3.35. The molecule has 0 fully saturated rings. The molecule has 12 heteroatoms. The van der Waals surface area contributed by atoms with Gasteiger partial charge in [-0.05, 0) is 50.2 Å². The molecule has 0 aliphatic heterocycles. The van der Waals surface area contributed by atoms with Crippen LogP contribution in [0.1, 0.15) is 25.2 Å². The average Bonchev–Trinajstić information content (AvgIpc) is 2.75. The van der Waals surface area contributed by atoms with Crippen molar-refractivity contribution in [2.45, 2.75) is 19.3 Å². The molecule has 0 bridgehead atoms. The number of rotatable bonds is 4. The summed E-state index contributed by atoms with van der Waals surface area (Å²) >= 11 is 24.7. The maximum absolute atomic E-state index is 14.8. The van der Waals surface area contributed by atoms with Crippen molar-refractivity contribution in [1.29, 1.82) is 0 Å². The van der Waals surface area contributed by atoms with E-state index in [2.05, 4.69) is 19.9 Å². The van der Waals surface area contributed by atoms with Gasteiger partial charge in [-0.1, -0.05) is 46.4 Å². The summed E-state index contributed by atoms with van der Waals surface area (Å²) in [6.45, 7) is 3.27. The second kappa shape index (κ2) is 9.50. The van der Waals surface area contributed by atoms with E-state index in [0.29, 0.717) is 0 Å². The van der Waals surface area contributed by atoms with Crippen LogP contribution >= 0.6 is 46.4 Å². The molecule has 4 heterocycles. The molecule has 0 saturated carbocycles. The summed E-state index contributed by atoms with van der Waals surface area (Å²) in [5, 5.41) is -0.761. The summed E-state index contributed by atoms with van der Waals surface area (Å²) in [4.78, 5) is 15.7. The lowest BCUT2D eigenvalue weighted by molar-refractivity contribution is 0.570. The largest absolute Gasteiger partial charge is 0.247 e. The highest BCUT2D eigenvalue weighted by molar-refractivity contribution is 6.33. The molecule has 0 aliphatic carbocycles. The number of pyridine rings is 4. The number of halogens is 8. The Labute approximate surface area is 216 Å². The van der Waals surface area contributed by atoms with Crippen molar-refractivity contribution >= 4 is 46.4 Å². The van der Waals surface area contributed by atoms with Crippen molar-refractivity contribution in [3.05, 3.63) is 91.7 Å². The molecular formula is C23H12Cl4F4N4. The Morgan fingerprint density at radius 1 is 0.600 bits per heavy atom. The summed E-state index contributed by atoms with van der Waals surface area (Å²) in [5.41, 5.74) is -1.40. The molecule has 0 aromatic carbocycles. The fraction of sp³-hybridized carbons (Fsp3) is 0.130. The van der Waals surface area contributed by atoms with Crippen LogP contribution in [0, 0.1) is 23.5 Å². The highest BCUT2D eigenvalue weighted by atomic mass is 35.5. The first kappa shape index (κ1) is 25.6. The van der Waals surface area contributed by atoms with Gasteiger partial charge in [0.05, 0.1) is 26.8 Å². The highest BCUT2D eigenvalue weighted by Crippen LogP contribution is 2.41. The van der Waals surface area contributed by atoms with Crippen molar-refractivity contribution < 1.29 is 17.6 Å². The van der Waals surface area contributed by atoms with Crippen LogP contribution in [0.25, 0.3) is 22.5 Å². The van der Waals surface area contributed by atoms with E-state index in [0.717, 1.165) is 24.3 Å². The maximum atomic E-state index is 14.8. The molecule has 0 aliphatic rings. The van der Waals surface area contributed by atoms with E-state index in [1.165, 1.54) is 12.1 Å². The molecule has 0 amide bonds. The lowest BCUT2D eigenvalue weighted by Crippen LogP contribution is -2.24. The van der Waals surface area contributed by atoms with E-state index in [1.54, 1.807) is 13.8 Å². The summed E-state index contributed by atoms with van der Waals surface area (Å²) in [7, 11) is 0. The lowest BCUT2D eigenvalue weighted by atomic mass is 9.84. The van der Waals surface area contributed by atoms with Crippen molar-refractivity contribution in [3.63, 3.8) is 0 Å². The molecule has 4 rings (SSSR count). The number of hydrogen-bond donors (Lipinski definition) is 0. The van der Waals surface area contributed by atoms with E-state index >= 15 is 0 Å². The van der Waals surface area contributed by atoms with Crippen molar-refractivity contribution in [2.24, 2.45) is 0 Å². The van der Waals surface area contributed by atoms with Crippen LogP contribution in [-0.2, 0) is 5.41 Å². The minimum Gasteiger partial charge on any atom is -0.247 e. The van der Waals surface area contributed by atoms with E-state index in [-0.39, 0.29) is 54.3 Å². The molecule has 35 heavy (non-hydrogen) atoms. The van der Waals surface area contributed by atoms with Gasteiger partial charge in [0.25, 0.3) is 0 Å². The third-order valence-corrected chi connectivity index (χ3v) is 6.34. The van der Waals surface area contributed by atoms with Crippen molar-refractivity contribution in [3.8, 4) is 22.5 Å². The van der Waals surface area contributed by atoms with Crippen LogP contribution < -0.4 is 0 Å². The van der Waals surface area contributed by atoms with Gasteiger partial charge < -0.3 is 0 Å². The zero-order chi connectivity index (χ0) is 25.7. The number of hydrogen-bond acceptors (Lipinski definition) is 4. The summed E-state index contributed by atoms with van der Waals surface area (Å²) in [6.07, 6.45) is 0. The lowest BCUT2D eigenvalue weighted by Gasteiger charge is -2.27. The smallest absolute Gasteiger partial charge is 0.214 e. The minimum absolute atomic E-state index is 0.0299. The van der Waals surface area contributed by atoms with Gasteiger partial charge in [-0.3, -0.25) is 0 Å². The van der Waals surface area contributed by atoms with Crippen molar-refractivity contribution in [2.75, 3.05) is 0 Å². The van der Waals surface area contributed by atoms with Gasteiger partial charge >= 0.3 is 0 Å². The third kappa shape index (κ3) is 4.80. The fourth-order valence-corrected chi connectivity index (χ4v) is 4.69. The second-order valence-corrected chi connectivity index (χ2v) is 9.40. The SMILES string of the molecule is CC(C)(c1nc(-c2ccc(F)nc2Cl)c(F)cc1Cl)c1nc(-c2ccc(F)nc2Cl)c(F)cc1Cl. The Balaban J connectivity index is 1.91. The quantitative estimate of drug-likeness (QED) is 0.186. The van der Waals surface area contributed by atoms with E-state index < -0.39 is 28.9 Å².